The van der Waals surface area contributed by atoms with Gasteiger partial charge in [0.05, 0.1) is 13.1 Å². The van der Waals surface area contributed by atoms with E-state index in [4.69, 9.17) is 0 Å². The molecule has 10 nitrogen and oxygen atoms in total. The van der Waals surface area contributed by atoms with Crippen molar-refractivity contribution in [2.45, 2.75) is 58.0 Å². The molecule has 5 amide bonds. The fraction of sp³-hybridized carbons (Fsp3) is 0.462. The molecule has 1 aliphatic heterocycles. The SMILES string of the molecule is [CH2]c1ccc(NC(=O)C(CCCC)NC(=O)C2CCCN2C(=O)CNC(=O)CNC(=O)C(=C)C)cc1. The Hall–Kier alpha value is -3.69. The Morgan fingerprint density at radius 1 is 1.08 bits per heavy atom. The molecule has 1 aromatic rings. The van der Waals surface area contributed by atoms with Crippen molar-refractivity contribution in [1.82, 2.24) is 20.9 Å². The van der Waals surface area contributed by atoms with Gasteiger partial charge >= 0.3 is 0 Å². The first-order chi connectivity index (χ1) is 17.1. The van der Waals surface area contributed by atoms with E-state index < -0.39 is 35.7 Å². The Kier molecular flexibility index (Phi) is 11.1. The van der Waals surface area contributed by atoms with Crippen molar-refractivity contribution in [3.63, 3.8) is 0 Å². The van der Waals surface area contributed by atoms with Gasteiger partial charge in [-0.3, -0.25) is 24.0 Å². The van der Waals surface area contributed by atoms with Crippen LogP contribution in [0.2, 0.25) is 0 Å². The molecule has 1 heterocycles. The average molecular weight is 499 g/mol. The maximum absolute atomic E-state index is 13.1. The van der Waals surface area contributed by atoms with Crippen molar-refractivity contribution in [1.29, 1.82) is 0 Å². The molecule has 1 aliphatic rings. The van der Waals surface area contributed by atoms with E-state index in [-0.39, 0.29) is 24.6 Å². The number of likely N-dealkylation sites (tertiary alicyclic amines) is 1. The fourth-order valence-electron chi connectivity index (χ4n) is 3.75. The molecule has 1 radical (unpaired) electrons. The predicted octanol–water partition coefficient (Wildman–Crippen LogP) is 1.28. The van der Waals surface area contributed by atoms with Crippen molar-refractivity contribution >= 4 is 35.2 Å². The van der Waals surface area contributed by atoms with Crippen molar-refractivity contribution in [2.24, 2.45) is 0 Å². The molecule has 2 atom stereocenters. The van der Waals surface area contributed by atoms with Gasteiger partial charge in [0, 0.05) is 17.8 Å². The van der Waals surface area contributed by atoms with Gasteiger partial charge in [0.2, 0.25) is 29.5 Å². The molecule has 0 aromatic heterocycles. The minimum atomic E-state index is -0.744. The molecule has 0 aliphatic carbocycles. The lowest BCUT2D eigenvalue weighted by Crippen LogP contribution is -2.53. The summed E-state index contributed by atoms with van der Waals surface area (Å²) in [6.07, 6.45) is 3.17. The second-order valence-corrected chi connectivity index (χ2v) is 8.87. The lowest BCUT2D eigenvalue weighted by atomic mass is 10.1. The molecule has 2 rings (SSSR count). The Labute approximate surface area is 212 Å². The van der Waals surface area contributed by atoms with Crippen molar-refractivity contribution < 1.29 is 24.0 Å². The Morgan fingerprint density at radius 2 is 1.78 bits per heavy atom. The van der Waals surface area contributed by atoms with Crippen LogP contribution in [0.4, 0.5) is 5.69 Å². The summed E-state index contributed by atoms with van der Waals surface area (Å²) >= 11 is 0. The molecule has 0 bridgehead atoms. The summed E-state index contributed by atoms with van der Waals surface area (Å²) in [4.78, 5) is 63.5. The number of carbonyl (C=O) groups is 5. The van der Waals surface area contributed by atoms with Gasteiger partial charge in [-0.15, -0.1) is 0 Å². The number of hydrogen-bond donors (Lipinski definition) is 4. The summed E-state index contributed by atoms with van der Waals surface area (Å²) in [5.74, 6) is -2.11. The number of benzene rings is 1. The minimum absolute atomic E-state index is 0.270. The predicted molar refractivity (Wildman–Crippen MR) is 137 cm³/mol. The first-order valence-corrected chi connectivity index (χ1v) is 12.2. The van der Waals surface area contributed by atoms with Gasteiger partial charge in [0.25, 0.3) is 0 Å². The van der Waals surface area contributed by atoms with E-state index in [9.17, 15) is 24.0 Å². The minimum Gasteiger partial charge on any atom is -0.345 e. The number of nitrogens with zero attached hydrogens (tertiary/aromatic N) is 1. The third-order valence-electron chi connectivity index (χ3n) is 5.81. The van der Waals surface area contributed by atoms with Gasteiger partial charge in [-0.25, -0.2) is 0 Å². The van der Waals surface area contributed by atoms with Crippen molar-refractivity contribution in [3.05, 3.63) is 48.9 Å². The molecule has 4 N–H and O–H groups in total. The summed E-state index contributed by atoms with van der Waals surface area (Å²) in [7, 11) is 0. The lowest BCUT2D eigenvalue weighted by Gasteiger charge is -2.26. The summed E-state index contributed by atoms with van der Waals surface area (Å²) in [6, 6.07) is 5.59. The standard InChI is InChI=1S/C26H36N5O5/c1-5-6-8-20(25(35)29-19-12-10-18(4)11-13-19)30-26(36)21-9-7-14-31(21)23(33)16-27-22(32)15-28-24(34)17(2)3/h10-13,20-21H,2,4-9,14-16H2,1,3H3,(H,27,32)(H,28,34)(H,29,35)(H,30,36). The molecule has 0 spiro atoms. The van der Waals surface area contributed by atoms with Crippen LogP contribution in [0.15, 0.2) is 36.4 Å². The molecular weight excluding hydrogens is 462 g/mol. The van der Waals surface area contributed by atoms with E-state index in [1.165, 1.54) is 11.8 Å². The van der Waals surface area contributed by atoms with E-state index in [0.717, 1.165) is 18.4 Å². The van der Waals surface area contributed by atoms with E-state index in [2.05, 4.69) is 34.8 Å². The van der Waals surface area contributed by atoms with Gasteiger partial charge in [-0.2, -0.15) is 0 Å². The highest BCUT2D eigenvalue weighted by molar-refractivity contribution is 5.99. The second-order valence-electron chi connectivity index (χ2n) is 8.87. The summed E-state index contributed by atoms with van der Waals surface area (Å²) < 4.78 is 0. The number of anilines is 1. The van der Waals surface area contributed by atoms with Gasteiger partial charge < -0.3 is 26.2 Å². The van der Waals surface area contributed by atoms with Gasteiger partial charge in [0.15, 0.2) is 0 Å². The first kappa shape index (κ1) is 28.5. The molecule has 1 fully saturated rings. The van der Waals surface area contributed by atoms with Crippen LogP contribution < -0.4 is 21.3 Å². The Bertz CT molecular complexity index is 975. The van der Waals surface area contributed by atoms with Gasteiger partial charge in [-0.1, -0.05) is 38.5 Å². The van der Waals surface area contributed by atoms with Crippen LogP contribution in [-0.2, 0) is 24.0 Å². The highest BCUT2D eigenvalue weighted by Gasteiger charge is 2.35. The highest BCUT2D eigenvalue weighted by Crippen LogP contribution is 2.18. The maximum Gasteiger partial charge on any atom is 0.246 e. The van der Waals surface area contributed by atoms with Crippen molar-refractivity contribution in [3.8, 4) is 0 Å². The van der Waals surface area contributed by atoms with Crippen molar-refractivity contribution in [2.75, 3.05) is 25.0 Å². The lowest BCUT2D eigenvalue weighted by molar-refractivity contribution is -0.139. The zero-order valence-electron chi connectivity index (χ0n) is 21.0. The molecular formula is C26H36N5O5. The van der Waals surface area contributed by atoms with E-state index in [1.807, 2.05) is 6.92 Å². The van der Waals surface area contributed by atoms with Crippen LogP contribution in [0.1, 0.15) is 51.5 Å². The van der Waals surface area contributed by atoms with Crippen LogP contribution in [0.25, 0.3) is 0 Å². The topological polar surface area (TPSA) is 137 Å². The van der Waals surface area contributed by atoms with E-state index in [1.54, 1.807) is 24.3 Å². The van der Waals surface area contributed by atoms with E-state index in [0.29, 0.717) is 31.5 Å². The monoisotopic (exact) mass is 498 g/mol. The molecule has 36 heavy (non-hydrogen) atoms. The number of unbranched alkanes of at least 4 members (excludes halogenated alkanes) is 1. The van der Waals surface area contributed by atoms with Gasteiger partial charge in [0.1, 0.15) is 12.1 Å². The maximum atomic E-state index is 13.1. The van der Waals surface area contributed by atoms with Crippen LogP contribution in [-0.4, -0.2) is 66.2 Å². The Balaban J connectivity index is 1.93. The number of hydrogen-bond acceptors (Lipinski definition) is 5. The molecule has 10 heteroatoms. The summed E-state index contributed by atoms with van der Waals surface area (Å²) in [5.41, 5.74) is 1.70. The zero-order chi connectivity index (χ0) is 26.7. The normalized spacial score (nSPS) is 15.5. The molecule has 1 aromatic carbocycles. The average Bonchev–Trinajstić information content (AvgIpc) is 3.35. The Morgan fingerprint density at radius 3 is 2.42 bits per heavy atom. The second kappa shape index (κ2) is 14.0. The number of nitrogens with one attached hydrogen (secondary N) is 4. The summed E-state index contributed by atoms with van der Waals surface area (Å²) in [6.45, 7) is 10.6. The first-order valence-electron chi connectivity index (χ1n) is 12.2. The van der Waals surface area contributed by atoms with E-state index >= 15 is 0 Å². The van der Waals surface area contributed by atoms with Crippen LogP contribution in [0, 0.1) is 6.92 Å². The smallest absolute Gasteiger partial charge is 0.246 e. The molecule has 0 saturated carbocycles. The fourth-order valence-corrected chi connectivity index (χ4v) is 3.75. The summed E-state index contributed by atoms with van der Waals surface area (Å²) in [5, 5.41) is 10.5. The van der Waals surface area contributed by atoms with Gasteiger partial charge in [-0.05, 0) is 50.8 Å². The van der Waals surface area contributed by atoms with Crippen LogP contribution >= 0.6 is 0 Å². The zero-order valence-corrected chi connectivity index (χ0v) is 21.0. The van der Waals surface area contributed by atoms with Crippen LogP contribution in [0.3, 0.4) is 0 Å². The number of carbonyl (C=O) groups excluding carboxylic acids is 5. The third kappa shape index (κ3) is 8.83. The largest absolute Gasteiger partial charge is 0.345 e. The highest BCUT2D eigenvalue weighted by atomic mass is 16.2. The molecule has 1 saturated heterocycles. The number of rotatable bonds is 12. The number of amides is 5. The third-order valence-corrected chi connectivity index (χ3v) is 5.81. The molecule has 2 unspecified atom stereocenters. The quantitative estimate of drug-likeness (QED) is 0.322. The molecule has 195 valence electrons. The van der Waals surface area contributed by atoms with Crippen LogP contribution in [0.5, 0.6) is 0 Å².